The van der Waals surface area contributed by atoms with Crippen molar-refractivity contribution in [2.75, 3.05) is 5.32 Å². The van der Waals surface area contributed by atoms with Crippen LogP contribution < -0.4 is 5.32 Å². The molecule has 1 aromatic heterocycles. The molecule has 0 radical (unpaired) electrons. The Morgan fingerprint density at radius 2 is 1.86 bits per heavy atom. The first-order valence-electron chi connectivity index (χ1n) is 6.75. The van der Waals surface area contributed by atoms with E-state index in [4.69, 9.17) is 0 Å². The summed E-state index contributed by atoms with van der Waals surface area (Å²) in [5, 5.41) is 3.64. The molecule has 2 aromatic carbocycles. The average molecular weight is 282 g/mol. The molecule has 4 heteroatoms. The van der Waals surface area contributed by atoms with Crippen molar-refractivity contribution in [3.8, 4) is 0 Å². The molecule has 21 heavy (non-hydrogen) atoms. The van der Waals surface area contributed by atoms with E-state index in [-0.39, 0.29) is 18.0 Å². The fourth-order valence-corrected chi connectivity index (χ4v) is 2.48. The third-order valence-electron chi connectivity index (χ3n) is 3.51. The van der Waals surface area contributed by atoms with Crippen LogP contribution >= 0.6 is 0 Å². The zero-order valence-electron chi connectivity index (χ0n) is 11.6. The molecule has 0 aliphatic heterocycles. The average Bonchev–Trinajstić information content (AvgIpc) is 2.78. The highest BCUT2D eigenvalue weighted by Crippen LogP contribution is 2.23. The van der Waals surface area contributed by atoms with Crippen LogP contribution in [0.5, 0.6) is 0 Å². The van der Waals surface area contributed by atoms with Gasteiger partial charge in [-0.25, -0.2) is 4.39 Å². The molecule has 0 aliphatic carbocycles. The van der Waals surface area contributed by atoms with Crippen LogP contribution in [-0.4, -0.2) is 10.9 Å². The molecule has 0 spiro atoms. The van der Waals surface area contributed by atoms with Gasteiger partial charge in [-0.15, -0.1) is 0 Å². The highest BCUT2D eigenvalue weighted by Gasteiger charge is 2.13. The molecule has 0 bridgehead atoms. The van der Waals surface area contributed by atoms with E-state index < -0.39 is 5.82 Å². The molecular formula is C17H15FN2O. The first-order chi connectivity index (χ1) is 10.1. The van der Waals surface area contributed by atoms with E-state index in [0.29, 0.717) is 0 Å². The molecular weight excluding hydrogens is 267 g/mol. The van der Waals surface area contributed by atoms with Gasteiger partial charge in [0.05, 0.1) is 12.1 Å². The molecule has 0 fully saturated rings. The number of nitrogens with one attached hydrogen (secondary N) is 2. The van der Waals surface area contributed by atoms with Crippen molar-refractivity contribution in [3.05, 3.63) is 65.6 Å². The monoisotopic (exact) mass is 282 g/mol. The van der Waals surface area contributed by atoms with Crippen molar-refractivity contribution in [1.82, 2.24) is 4.98 Å². The van der Waals surface area contributed by atoms with Crippen molar-refractivity contribution in [2.24, 2.45) is 0 Å². The minimum atomic E-state index is -0.429. The number of hydrogen-bond donors (Lipinski definition) is 2. The summed E-state index contributed by atoms with van der Waals surface area (Å²) in [6.45, 7) is 1.94. The van der Waals surface area contributed by atoms with Crippen LogP contribution in [0, 0.1) is 12.7 Å². The van der Waals surface area contributed by atoms with Crippen LogP contribution in [0.3, 0.4) is 0 Å². The second kappa shape index (κ2) is 5.40. The van der Waals surface area contributed by atoms with Crippen molar-refractivity contribution in [1.29, 1.82) is 0 Å². The third kappa shape index (κ3) is 2.65. The Kier molecular flexibility index (Phi) is 3.44. The normalized spacial score (nSPS) is 10.8. The number of hydrogen-bond acceptors (Lipinski definition) is 1. The molecule has 0 unspecified atom stereocenters. The molecule has 1 heterocycles. The number of anilines is 1. The van der Waals surface area contributed by atoms with Crippen LogP contribution in [0.25, 0.3) is 10.9 Å². The van der Waals surface area contributed by atoms with E-state index >= 15 is 0 Å². The largest absolute Gasteiger partial charge is 0.358 e. The molecule has 0 saturated carbocycles. The summed E-state index contributed by atoms with van der Waals surface area (Å²) in [5.41, 5.74) is 3.11. The molecule has 3 rings (SSSR count). The van der Waals surface area contributed by atoms with E-state index in [1.807, 2.05) is 31.2 Å². The van der Waals surface area contributed by atoms with Gasteiger partial charge in [-0.05, 0) is 30.7 Å². The number of carbonyl (C=O) groups excluding carboxylic acids is 1. The summed E-state index contributed by atoms with van der Waals surface area (Å²) < 4.78 is 13.5. The van der Waals surface area contributed by atoms with Crippen molar-refractivity contribution >= 4 is 22.5 Å². The van der Waals surface area contributed by atoms with Crippen molar-refractivity contribution in [3.63, 3.8) is 0 Å². The number of aryl methyl sites for hydroxylation is 1. The molecule has 2 N–H and O–H groups in total. The lowest BCUT2D eigenvalue weighted by molar-refractivity contribution is -0.115. The Hall–Kier alpha value is -2.62. The molecule has 0 aliphatic rings. The number of aromatic nitrogens is 1. The van der Waals surface area contributed by atoms with E-state index in [2.05, 4.69) is 10.3 Å². The summed E-state index contributed by atoms with van der Waals surface area (Å²) in [6.07, 6.45) is 0.212. The van der Waals surface area contributed by atoms with Gasteiger partial charge in [-0.2, -0.15) is 0 Å². The highest BCUT2D eigenvalue weighted by atomic mass is 19.1. The van der Waals surface area contributed by atoms with Gasteiger partial charge >= 0.3 is 0 Å². The van der Waals surface area contributed by atoms with E-state index in [0.717, 1.165) is 22.2 Å². The first-order valence-corrected chi connectivity index (χ1v) is 6.75. The smallest absolute Gasteiger partial charge is 0.228 e. The van der Waals surface area contributed by atoms with Crippen LogP contribution in [0.2, 0.25) is 0 Å². The number of amides is 1. The van der Waals surface area contributed by atoms with Crippen LogP contribution in [0.1, 0.15) is 11.3 Å². The Balaban J connectivity index is 1.84. The quantitative estimate of drug-likeness (QED) is 0.754. The SMILES string of the molecule is Cc1[nH]c2ccccc2c1CC(=O)Nc1ccccc1F. The zero-order valence-corrected chi connectivity index (χ0v) is 11.6. The summed E-state index contributed by atoms with van der Waals surface area (Å²) in [5.74, 6) is -0.658. The van der Waals surface area contributed by atoms with Crippen LogP contribution in [0.15, 0.2) is 48.5 Å². The summed E-state index contributed by atoms with van der Waals surface area (Å²) in [7, 11) is 0. The minimum absolute atomic E-state index is 0.208. The number of H-pyrrole nitrogens is 1. The Morgan fingerprint density at radius 3 is 2.67 bits per heavy atom. The van der Waals surface area contributed by atoms with Crippen molar-refractivity contribution in [2.45, 2.75) is 13.3 Å². The van der Waals surface area contributed by atoms with Gasteiger partial charge in [0.2, 0.25) is 5.91 Å². The molecule has 0 saturated heterocycles. The van der Waals surface area contributed by atoms with Gasteiger partial charge in [0.25, 0.3) is 0 Å². The summed E-state index contributed by atoms with van der Waals surface area (Å²) in [4.78, 5) is 15.4. The molecule has 3 nitrogen and oxygen atoms in total. The topological polar surface area (TPSA) is 44.9 Å². The lowest BCUT2D eigenvalue weighted by Crippen LogP contribution is -2.15. The number of rotatable bonds is 3. The van der Waals surface area contributed by atoms with Crippen molar-refractivity contribution < 1.29 is 9.18 Å². The Labute approximate surface area is 121 Å². The maximum absolute atomic E-state index is 13.5. The highest BCUT2D eigenvalue weighted by molar-refractivity contribution is 5.96. The summed E-state index contributed by atoms with van der Waals surface area (Å²) in [6, 6.07) is 14.0. The Morgan fingerprint density at radius 1 is 1.14 bits per heavy atom. The Bertz CT molecular complexity index is 807. The zero-order chi connectivity index (χ0) is 14.8. The van der Waals surface area contributed by atoms with Crippen LogP contribution in [-0.2, 0) is 11.2 Å². The molecule has 106 valence electrons. The third-order valence-corrected chi connectivity index (χ3v) is 3.51. The van der Waals surface area contributed by atoms with Gasteiger partial charge in [-0.1, -0.05) is 30.3 Å². The number of carbonyl (C=O) groups is 1. The fourth-order valence-electron chi connectivity index (χ4n) is 2.48. The lowest BCUT2D eigenvalue weighted by Gasteiger charge is -2.06. The maximum Gasteiger partial charge on any atom is 0.228 e. The van der Waals surface area contributed by atoms with E-state index in [1.165, 1.54) is 6.07 Å². The van der Waals surface area contributed by atoms with E-state index in [9.17, 15) is 9.18 Å². The predicted octanol–water partition coefficient (Wildman–Crippen LogP) is 3.80. The van der Waals surface area contributed by atoms with Gasteiger partial charge < -0.3 is 10.3 Å². The first kappa shape index (κ1) is 13.4. The second-order valence-corrected chi connectivity index (χ2v) is 4.98. The molecule has 0 atom stereocenters. The van der Waals surface area contributed by atoms with E-state index in [1.54, 1.807) is 18.2 Å². The number of aromatic amines is 1. The molecule has 3 aromatic rings. The summed E-state index contributed by atoms with van der Waals surface area (Å²) >= 11 is 0. The van der Waals surface area contributed by atoms with Gasteiger partial charge in [0.15, 0.2) is 0 Å². The number of para-hydroxylation sites is 2. The molecule has 1 amide bonds. The lowest BCUT2D eigenvalue weighted by atomic mass is 10.1. The number of benzene rings is 2. The second-order valence-electron chi connectivity index (χ2n) is 4.98. The van der Waals surface area contributed by atoms with Gasteiger partial charge in [0.1, 0.15) is 5.82 Å². The number of fused-ring (bicyclic) bond motifs is 1. The maximum atomic E-state index is 13.5. The van der Waals surface area contributed by atoms with Gasteiger partial charge in [-0.3, -0.25) is 4.79 Å². The predicted molar refractivity (Wildman–Crippen MR) is 81.8 cm³/mol. The standard InChI is InChI=1S/C17H15FN2O/c1-11-13(12-6-2-4-8-15(12)19-11)10-17(21)20-16-9-5-3-7-14(16)18/h2-9,19H,10H2,1H3,(H,20,21). The number of halogens is 1. The fraction of sp³-hybridized carbons (Fsp3) is 0.118. The van der Waals surface area contributed by atoms with Crippen LogP contribution in [0.4, 0.5) is 10.1 Å². The minimum Gasteiger partial charge on any atom is -0.358 e. The van der Waals surface area contributed by atoms with Gasteiger partial charge in [0, 0.05) is 16.6 Å².